The number of carbonyl (C=O) groups is 1. The number of pyridine rings is 1. The van der Waals surface area contributed by atoms with Gasteiger partial charge in [0.1, 0.15) is 5.56 Å². The van der Waals surface area contributed by atoms with Gasteiger partial charge in [-0.15, -0.1) is 0 Å². The normalized spacial score (nSPS) is 12.1. The molecule has 0 unspecified atom stereocenters. The third-order valence-electron chi connectivity index (χ3n) is 3.90. The van der Waals surface area contributed by atoms with Crippen molar-refractivity contribution < 1.29 is 9.90 Å². The number of nitrogens with zero attached hydrogens (tertiary/aromatic N) is 4. The minimum atomic E-state index is -1.00. The molecule has 0 bridgehead atoms. The fourth-order valence-electron chi connectivity index (χ4n) is 1.91. The van der Waals surface area contributed by atoms with Crippen LogP contribution in [0.1, 0.15) is 24.2 Å². The van der Waals surface area contributed by atoms with E-state index in [1.54, 1.807) is 17.9 Å². The molecule has 0 atom stereocenters. The number of aromatic nitrogens is 3. The highest BCUT2D eigenvalue weighted by molar-refractivity contribution is 6.03. The maximum absolute atomic E-state index is 11.4. The van der Waals surface area contributed by atoms with E-state index in [4.69, 9.17) is 0 Å². The number of rotatable bonds is 5. The summed E-state index contributed by atoms with van der Waals surface area (Å²) in [6, 6.07) is 0. The number of carboxylic acid groups (broad SMARTS) is 1. The van der Waals surface area contributed by atoms with Gasteiger partial charge in [0, 0.05) is 25.3 Å². The Hall–Kier alpha value is -2.15. The number of carboxylic acids is 1. The quantitative estimate of drug-likeness (QED) is 0.867. The minimum absolute atomic E-state index is 0.117. The van der Waals surface area contributed by atoms with E-state index in [-0.39, 0.29) is 11.1 Å². The second kappa shape index (κ2) is 5.33. The predicted octanol–water partition coefficient (Wildman–Crippen LogP) is 1.42. The van der Waals surface area contributed by atoms with E-state index < -0.39 is 5.97 Å². The van der Waals surface area contributed by atoms with Crippen molar-refractivity contribution in [2.45, 2.75) is 19.4 Å². The standard InChI is InChI=1S/C14H21N5O2/c1-14(2,18(3)4)8-16-11-9-7-17-19(5)12(9)15-6-10(11)13(20)21/h6-7H,8H2,1-5H3,(H,15,16)(H,20,21). The third-order valence-corrected chi connectivity index (χ3v) is 3.90. The summed E-state index contributed by atoms with van der Waals surface area (Å²) in [4.78, 5) is 17.7. The van der Waals surface area contributed by atoms with E-state index in [9.17, 15) is 9.90 Å². The molecule has 2 N–H and O–H groups in total. The van der Waals surface area contributed by atoms with Crippen molar-refractivity contribution in [1.82, 2.24) is 19.7 Å². The maximum atomic E-state index is 11.4. The van der Waals surface area contributed by atoms with E-state index in [0.29, 0.717) is 23.3 Å². The van der Waals surface area contributed by atoms with Crippen LogP contribution in [0.3, 0.4) is 0 Å². The van der Waals surface area contributed by atoms with Gasteiger partial charge in [-0.05, 0) is 27.9 Å². The predicted molar refractivity (Wildman–Crippen MR) is 81.7 cm³/mol. The molecule has 0 amide bonds. The van der Waals surface area contributed by atoms with Gasteiger partial charge >= 0.3 is 5.97 Å². The summed E-state index contributed by atoms with van der Waals surface area (Å²) in [6.07, 6.45) is 3.01. The summed E-state index contributed by atoms with van der Waals surface area (Å²) >= 11 is 0. The van der Waals surface area contributed by atoms with Gasteiger partial charge in [0.2, 0.25) is 0 Å². The van der Waals surface area contributed by atoms with Crippen LogP contribution in [0.5, 0.6) is 0 Å². The van der Waals surface area contributed by atoms with Crippen LogP contribution < -0.4 is 5.32 Å². The lowest BCUT2D eigenvalue weighted by atomic mass is 10.0. The molecule has 2 heterocycles. The monoisotopic (exact) mass is 291 g/mol. The second-order valence-electron chi connectivity index (χ2n) is 5.92. The number of fused-ring (bicyclic) bond motifs is 1. The summed E-state index contributed by atoms with van der Waals surface area (Å²) in [7, 11) is 5.77. The molecule has 2 aromatic heterocycles. The van der Waals surface area contributed by atoms with Gasteiger partial charge in [-0.2, -0.15) is 5.10 Å². The summed E-state index contributed by atoms with van der Waals surface area (Å²) in [5.41, 5.74) is 1.26. The average molecular weight is 291 g/mol. The first-order valence-electron chi connectivity index (χ1n) is 6.69. The van der Waals surface area contributed by atoms with Crippen molar-refractivity contribution in [3.8, 4) is 0 Å². The number of hydrogen-bond donors (Lipinski definition) is 2. The van der Waals surface area contributed by atoms with E-state index in [1.165, 1.54) is 6.20 Å². The lowest BCUT2D eigenvalue weighted by Crippen LogP contribution is -2.44. The number of nitrogens with one attached hydrogen (secondary N) is 1. The SMILES string of the molecule is CN(C)C(C)(C)CNc1c(C(=O)O)cnc2c1cnn2C. The molecular formula is C14H21N5O2. The zero-order valence-electron chi connectivity index (χ0n) is 13.0. The fraction of sp³-hybridized carbons (Fsp3) is 0.500. The Bertz CT molecular complexity index is 675. The Labute approximate surface area is 123 Å². The van der Waals surface area contributed by atoms with Gasteiger partial charge in [-0.1, -0.05) is 0 Å². The van der Waals surface area contributed by atoms with Crippen LogP contribution in [0.2, 0.25) is 0 Å². The number of aromatic carboxylic acids is 1. The van der Waals surface area contributed by atoms with E-state index in [1.807, 2.05) is 14.1 Å². The summed E-state index contributed by atoms with van der Waals surface area (Å²) in [6.45, 7) is 4.78. The molecule has 7 nitrogen and oxygen atoms in total. The Kier molecular flexibility index (Phi) is 3.87. The molecule has 0 spiro atoms. The van der Waals surface area contributed by atoms with Crippen LogP contribution in [0, 0.1) is 0 Å². The maximum Gasteiger partial charge on any atom is 0.339 e. The summed E-state index contributed by atoms with van der Waals surface area (Å²) < 4.78 is 1.63. The zero-order chi connectivity index (χ0) is 15.8. The van der Waals surface area contributed by atoms with Crippen molar-refractivity contribution in [1.29, 1.82) is 0 Å². The Balaban J connectivity index is 2.45. The smallest absolute Gasteiger partial charge is 0.339 e. The Morgan fingerprint density at radius 2 is 2.10 bits per heavy atom. The summed E-state index contributed by atoms with van der Waals surface area (Å²) in [5, 5.41) is 17.5. The first kappa shape index (κ1) is 15.2. The molecule has 0 aliphatic carbocycles. The topological polar surface area (TPSA) is 83.3 Å². The molecule has 7 heteroatoms. The fourth-order valence-corrected chi connectivity index (χ4v) is 1.91. The highest BCUT2D eigenvalue weighted by Crippen LogP contribution is 2.26. The number of anilines is 1. The molecule has 0 radical (unpaired) electrons. The second-order valence-corrected chi connectivity index (χ2v) is 5.92. The van der Waals surface area contributed by atoms with Gasteiger partial charge < -0.3 is 15.3 Å². The summed E-state index contributed by atoms with van der Waals surface area (Å²) in [5.74, 6) is -1.00. The van der Waals surface area contributed by atoms with Crippen LogP contribution in [0.15, 0.2) is 12.4 Å². The van der Waals surface area contributed by atoms with Gasteiger partial charge in [0.15, 0.2) is 5.65 Å². The first-order valence-corrected chi connectivity index (χ1v) is 6.69. The molecule has 0 saturated heterocycles. The number of aryl methyl sites for hydroxylation is 1. The van der Waals surface area contributed by atoms with Crippen molar-refractivity contribution >= 4 is 22.7 Å². The molecule has 2 aromatic rings. The Morgan fingerprint density at radius 3 is 2.67 bits per heavy atom. The molecule has 2 rings (SSSR count). The van der Waals surface area contributed by atoms with E-state index in [0.717, 1.165) is 0 Å². The van der Waals surface area contributed by atoms with Crippen molar-refractivity contribution in [2.24, 2.45) is 7.05 Å². The molecular weight excluding hydrogens is 270 g/mol. The van der Waals surface area contributed by atoms with Crippen LogP contribution in [0.4, 0.5) is 5.69 Å². The van der Waals surface area contributed by atoms with Crippen LogP contribution in [0.25, 0.3) is 11.0 Å². The van der Waals surface area contributed by atoms with E-state index >= 15 is 0 Å². The van der Waals surface area contributed by atoms with Crippen molar-refractivity contribution in [2.75, 3.05) is 26.0 Å². The molecule has 0 saturated carbocycles. The molecule has 0 aliphatic heterocycles. The Morgan fingerprint density at radius 1 is 1.43 bits per heavy atom. The molecule has 0 aliphatic rings. The van der Waals surface area contributed by atoms with Gasteiger partial charge in [0.25, 0.3) is 0 Å². The highest BCUT2D eigenvalue weighted by Gasteiger charge is 2.23. The number of likely N-dealkylation sites (N-methyl/N-ethyl adjacent to an activating group) is 1. The lowest BCUT2D eigenvalue weighted by Gasteiger charge is -2.33. The molecule has 0 aromatic carbocycles. The molecule has 114 valence electrons. The molecule has 21 heavy (non-hydrogen) atoms. The number of hydrogen-bond acceptors (Lipinski definition) is 5. The van der Waals surface area contributed by atoms with Crippen molar-refractivity contribution in [3.05, 3.63) is 18.0 Å². The van der Waals surface area contributed by atoms with E-state index in [2.05, 4.69) is 34.1 Å². The average Bonchev–Trinajstić information content (AvgIpc) is 2.77. The largest absolute Gasteiger partial charge is 0.478 e. The van der Waals surface area contributed by atoms with Crippen LogP contribution in [-0.2, 0) is 7.05 Å². The zero-order valence-corrected chi connectivity index (χ0v) is 13.0. The van der Waals surface area contributed by atoms with Gasteiger partial charge in [0.05, 0.1) is 17.3 Å². The minimum Gasteiger partial charge on any atom is -0.478 e. The van der Waals surface area contributed by atoms with Crippen LogP contribution in [-0.4, -0.2) is 56.9 Å². The van der Waals surface area contributed by atoms with Gasteiger partial charge in [-0.25, -0.2) is 9.78 Å². The highest BCUT2D eigenvalue weighted by atomic mass is 16.4. The molecule has 0 fully saturated rings. The first-order chi connectivity index (χ1) is 9.74. The van der Waals surface area contributed by atoms with Crippen molar-refractivity contribution in [3.63, 3.8) is 0 Å². The van der Waals surface area contributed by atoms with Crippen LogP contribution >= 0.6 is 0 Å². The van der Waals surface area contributed by atoms with Gasteiger partial charge in [-0.3, -0.25) is 4.68 Å². The lowest BCUT2D eigenvalue weighted by molar-refractivity contribution is 0.0697. The third kappa shape index (κ3) is 2.82.